The van der Waals surface area contributed by atoms with Crippen LogP contribution < -0.4 is 9.47 Å². The molecule has 0 fully saturated rings. The van der Waals surface area contributed by atoms with E-state index in [0.29, 0.717) is 26.1 Å². The van der Waals surface area contributed by atoms with Gasteiger partial charge in [0.15, 0.2) is 0 Å². The molecule has 0 aliphatic heterocycles. The minimum Gasteiger partial charge on any atom is -0.493 e. The summed E-state index contributed by atoms with van der Waals surface area (Å²) in [5.41, 5.74) is 0. The van der Waals surface area contributed by atoms with E-state index >= 15 is 0 Å². The highest BCUT2D eigenvalue weighted by Crippen LogP contribution is 2.09. The van der Waals surface area contributed by atoms with Gasteiger partial charge in [-0.1, -0.05) is 36.4 Å². The summed E-state index contributed by atoms with van der Waals surface area (Å²) in [6.45, 7) is 1.45. The molecule has 0 N–H and O–H groups in total. The zero-order chi connectivity index (χ0) is 19.9. The molecule has 0 spiro atoms. The second-order valence-electron chi connectivity index (χ2n) is 5.97. The Morgan fingerprint density at radius 1 is 0.571 bits per heavy atom. The van der Waals surface area contributed by atoms with Crippen LogP contribution in [0.4, 0.5) is 0 Å². The topological polar surface area (TPSA) is 71.1 Å². The Labute approximate surface area is 165 Å². The fourth-order valence-electron chi connectivity index (χ4n) is 2.25. The molecule has 2 aromatic rings. The highest BCUT2D eigenvalue weighted by Gasteiger charge is 2.09. The summed E-state index contributed by atoms with van der Waals surface area (Å²) >= 11 is 0. The molecular formula is C22H26O6. The van der Waals surface area contributed by atoms with Crippen molar-refractivity contribution in [1.82, 2.24) is 0 Å². The molecule has 6 nitrogen and oxygen atoms in total. The van der Waals surface area contributed by atoms with E-state index in [0.717, 1.165) is 11.5 Å². The van der Waals surface area contributed by atoms with E-state index in [9.17, 15) is 9.59 Å². The van der Waals surface area contributed by atoms with Gasteiger partial charge in [0, 0.05) is 12.8 Å². The van der Waals surface area contributed by atoms with E-state index in [2.05, 4.69) is 0 Å². The van der Waals surface area contributed by atoms with Gasteiger partial charge < -0.3 is 18.9 Å². The average molecular weight is 386 g/mol. The molecule has 0 radical (unpaired) electrons. The number of hydrogen-bond acceptors (Lipinski definition) is 6. The van der Waals surface area contributed by atoms with E-state index in [4.69, 9.17) is 18.9 Å². The highest BCUT2D eigenvalue weighted by atomic mass is 16.5. The Kier molecular flexibility index (Phi) is 10.0. The van der Waals surface area contributed by atoms with Crippen molar-refractivity contribution in [2.75, 3.05) is 26.4 Å². The SMILES string of the molecule is O=C(CCC(=O)OCCCOc1ccccc1)OCCCOc1ccccc1. The van der Waals surface area contributed by atoms with Crippen molar-refractivity contribution >= 4 is 11.9 Å². The Morgan fingerprint density at radius 2 is 0.964 bits per heavy atom. The average Bonchev–Trinajstić information content (AvgIpc) is 2.73. The van der Waals surface area contributed by atoms with E-state index in [1.807, 2.05) is 60.7 Å². The number of carbonyl (C=O) groups is 2. The summed E-state index contributed by atoms with van der Waals surface area (Å²) in [4.78, 5) is 23.2. The molecule has 0 heterocycles. The number of hydrogen-bond donors (Lipinski definition) is 0. The van der Waals surface area contributed by atoms with Gasteiger partial charge in [-0.3, -0.25) is 9.59 Å². The van der Waals surface area contributed by atoms with Crippen molar-refractivity contribution in [2.45, 2.75) is 25.7 Å². The second kappa shape index (κ2) is 13.2. The van der Waals surface area contributed by atoms with Crippen LogP contribution in [0.5, 0.6) is 11.5 Å². The smallest absolute Gasteiger partial charge is 0.306 e. The van der Waals surface area contributed by atoms with Gasteiger partial charge in [0.2, 0.25) is 0 Å². The van der Waals surface area contributed by atoms with Crippen molar-refractivity contribution in [2.24, 2.45) is 0 Å². The fraction of sp³-hybridized carbons (Fsp3) is 0.364. The Bertz CT molecular complexity index is 625. The molecule has 2 aromatic carbocycles. The molecule has 0 bridgehead atoms. The van der Waals surface area contributed by atoms with Crippen molar-refractivity contribution in [1.29, 1.82) is 0 Å². The minimum atomic E-state index is -0.413. The van der Waals surface area contributed by atoms with Crippen LogP contribution in [0.3, 0.4) is 0 Å². The Hall–Kier alpha value is -3.02. The highest BCUT2D eigenvalue weighted by molar-refractivity contribution is 5.77. The lowest BCUT2D eigenvalue weighted by atomic mass is 10.3. The molecule has 0 unspecified atom stereocenters. The Morgan fingerprint density at radius 3 is 1.36 bits per heavy atom. The molecule has 2 rings (SSSR count). The number of rotatable bonds is 13. The van der Waals surface area contributed by atoms with Gasteiger partial charge in [0.25, 0.3) is 0 Å². The molecule has 6 heteroatoms. The van der Waals surface area contributed by atoms with Crippen molar-refractivity contribution in [3.05, 3.63) is 60.7 Å². The first-order valence-electron chi connectivity index (χ1n) is 9.41. The summed E-state index contributed by atoms with van der Waals surface area (Å²) in [6, 6.07) is 18.9. The van der Waals surface area contributed by atoms with Crippen molar-refractivity contribution < 1.29 is 28.5 Å². The first-order chi connectivity index (χ1) is 13.7. The summed E-state index contributed by atoms with van der Waals surface area (Å²) in [7, 11) is 0. The third-order valence-electron chi connectivity index (χ3n) is 3.66. The molecular weight excluding hydrogens is 360 g/mol. The molecule has 0 amide bonds. The molecule has 150 valence electrons. The lowest BCUT2D eigenvalue weighted by Gasteiger charge is -2.08. The van der Waals surface area contributed by atoms with Crippen LogP contribution in [0, 0.1) is 0 Å². The summed E-state index contributed by atoms with van der Waals surface area (Å²) in [5.74, 6) is 0.740. The maximum atomic E-state index is 11.6. The standard InChI is InChI=1S/C22H26O6/c23-21(27-17-7-15-25-19-9-3-1-4-10-19)13-14-22(24)28-18-8-16-26-20-11-5-2-6-12-20/h1-6,9-12H,7-8,13-18H2. The van der Waals surface area contributed by atoms with Crippen LogP contribution in [-0.4, -0.2) is 38.4 Å². The number of benzene rings is 2. The largest absolute Gasteiger partial charge is 0.493 e. The lowest BCUT2D eigenvalue weighted by Crippen LogP contribution is -2.13. The monoisotopic (exact) mass is 386 g/mol. The Balaban J connectivity index is 1.42. The molecule has 0 aliphatic rings. The molecule has 28 heavy (non-hydrogen) atoms. The van der Waals surface area contributed by atoms with Gasteiger partial charge in [0.1, 0.15) is 11.5 Å². The van der Waals surface area contributed by atoms with Gasteiger partial charge in [-0.15, -0.1) is 0 Å². The number of para-hydroxylation sites is 2. The maximum absolute atomic E-state index is 11.6. The van der Waals surface area contributed by atoms with Crippen LogP contribution in [0.25, 0.3) is 0 Å². The molecule has 0 aliphatic carbocycles. The predicted molar refractivity (Wildman–Crippen MR) is 104 cm³/mol. The quantitative estimate of drug-likeness (QED) is 0.385. The van der Waals surface area contributed by atoms with Gasteiger partial charge >= 0.3 is 11.9 Å². The summed E-state index contributed by atoms with van der Waals surface area (Å²) in [5, 5.41) is 0. The number of carbonyl (C=O) groups excluding carboxylic acids is 2. The van der Waals surface area contributed by atoms with E-state index < -0.39 is 11.9 Å². The van der Waals surface area contributed by atoms with E-state index in [1.165, 1.54) is 0 Å². The first kappa shape index (κ1) is 21.3. The molecule has 0 saturated carbocycles. The van der Waals surface area contributed by atoms with E-state index in [1.54, 1.807) is 0 Å². The third-order valence-corrected chi connectivity index (χ3v) is 3.66. The van der Waals surface area contributed by atoms with Gasteiger partial charge in [-0.05, 0) is 24.3 Å². The van der Waals surface area contributed by atoms with Crippen LogP contribution in [0.1, 0.15) is 25.7 Å². The van der Waals surface area contributed by atoms with Crippen LogP contribution in [-0.2, 0) is 19.1 Å². The van der Waals surface area contributed by atoms with Crippen molar-refractivity contribution in [3.8, 4) is 11.5 Å². The summed E-state index contributed by atoms with van der Waals surface area (Å²) < 4.78 is 21.2. The van der Waals surface area contributed by atoms with Crippen LogP contribution in [0.2, 0.25) is 0 Å². The zero-order valence-electron chi connectivity index (χ0n) is 15.9. The van der Waals surface area contributed by atoms with Gasteiger partial charge in [0.05, 0.1) is 39.3 Å². The van der Waals surface area contributed by atoms with Crippen molar-refractivity contribution in [3.63, 3.8) is 0 Å². The van der Waals surface area contributed by atoms with E-state index in [-0.39, 0.29) is 26.1 Å². The number of esters is 2. The first-order valence-corrected chi connectivity index (χ1v) is 9.41. The zero-order valence-corrected chi connectivity index (χ0v) is 15.9. The normalized spacial score (nSPS) is 10.1. The van der Waals surface area contributed by atoms with Gasteiger partial charge in [-0.25, -0.2) is 0 Å². The minimum absolute atomic E-state index is 0.0128. The maximum Gasteiger partial charge on any atom is 0.306 e. The molecule has 0 saturated heterocycles. The predicted octanol–water partition coefficient (Wildman–Crippen LogP) is 3.79. The van der Waals surface area contributed by atoms with Crippen LogP contribution in [0.15, 0.2) is 60.7 Å². The number of ether oxygens (including phenoxy) is 4. The molecule has 0 aromatic heterocycles. The summed E-state index contributed by atoms with van der Waals surface area (Å²) in [6.07, 6.45) is 1.21. The molecule has 0 atom stereocenters. The third kappa shape index (κ3) is 9.62. The lowest BCUT2D eigenvalue weighted by molar-refractivity contribution is -0.150. The second-order valence-corrected chi connectivity index (χ2v) is 5.97. The fourth-order valence-corrected chi connectivity index (χ4v) is 2.25. The van der Waals surface area contributed by atoms with Gasteiger partial charge in [-0.2, -0.15) is 0 Å². The van der Waals surface area contributed by atoms with Crippen LogP contribution >= 0.6 is 0 Å².